The zero-order valence-corrected chi connectivity index (χ0v) is 7.84. The molecule has 2 fully saturated rings. The molecule has 0 atom stereocenters. The quantitative estimate of drug-likeness (QED) is 0.671. The minimum Gasteiger partial charge on any atom is -0.328 e. The largest absolute Gasteiger partial charge is 0.328 e. The van der Waals surface area contributed by atoms with E-state index in [0.717, 1.165) is 5.92 Å². The van der Waals surface area contributed by atoms with Crippen LogP contribution in [0, 0.1) is 5.92 Å². The van der Waals surface area contributed by atoms with Crippen LogP contribution in [0.1, 0.15) is 32.1 Å². The normalized spacial score (nSPS) is 37.8. The van der Waals surface area contributed by atoms with Gasteiger partial charge < -0.3 is 10.6 Å². The fourth-order valence-electron chi connectivity index (χ4n) is 2.30. The highest BCUT2D eigenvalue weighted by molar-refractivity contribution is 4.79. The highest BCUT2D eigenvalue weighted by Gasteiger charge is 2.22. The van der Waals surface area contributed by atoms with Gasteiger partial charge in [0, 0.05) is 12.6 Å². The highest BCUT2D eigenvalue weighted by Crippen LogP contribution is 2.25. The van der Waals surface area contributed by atoms with Crippen LogP contribution in [-0.2, 0) is 0 Å². The van der Waals surface area contributed by atoms with E-state index in [1.807, 2.05) is 0 Å². The van der Waals surface area contributed by atoms with Crippen molar-refractivity contribution in [2.75, 3.05) is 19.6 Å². The van der Waals surface area contributed by atoms with Crippen LogP contribution in [0.4, 0.5) is 0 Å². The summed E-state index contributed by atoms with van der Waals surface area (Å²) in [5, 5.41) is 0. The molecule has 2 rings (SSSR count). The minimum absolute atomic E-state index is 0.512. The summed E-state index contributed by atoms with van der Waals surface area (Å²) in [6.45, 7) is 4.05. The van der Waals surface area contributed by atoms with E-state index in [1.54, 1.807) is 0 Å². The predicted octanol–water partition coefficient (Wildman–Crippen LogP) is 1.21. The third-order valence-electron chi connectivity index (χ3n) is 3.36. The molecule has 0 aromatic heterocycles. The van der Waals surface area contributed by atoms with Crippen LogP contribution in [0.15, 0.2) is 0 Å². The van der Waals surface area contributed by atoms with Crippen LogP contribution < -0.4 is 5.73 Å². The van der Waals surface area contributed by atoms with E-state index in [9.17, 15) is 0 Å². The fourth-order valence-corrected chi connectivity index (χ4v) is 2.30. The van der Waals surface area contributed by atoms with Gasteiger partial charge in [0.2, 0.25) is 0 Å². The van der Waals surface area contributed by atoms with Gasteiger partial charge in [-0.2, -0.15) is 0 Å². The Morgan fingerprint density at radius 2 is 1.75 bits per heavy atom. The molecule has 0 amide bonds. The maximum Gasteiger partial charge on any atom is 0.00390 e. The second-order valence-corrected chi connectivity index (χ2v) is 4.43. The lowest BCUT2D eigenvalue weighted by atomic mass is 9.86. The molecule has 2 N–H and O–H groups in total. The molecule has 2 heteroatoms. The van der Waals surface area contributed by atoms with E-state index in [1.165, 1.54) is 51.7 Å². The van der Waals surface area contributed by atoms with Gasteiger partial charge in [0.25, 0.3) is 0 Å². The van der Waals surface area contributed by atoms with Crippen LogP contribution in [-0.4, -0.2) is 30.6 Å². The maximum absolute atomic E-state index is 5.86. The van der Waals surface area contributed by atoms with Gasteiger partial charge >= 0.3 is 0 Å². The van der Waals surface area contributed by atoms with Crippen LogP contribution in [0.3, 0.4) is 0 Å². The Labute approximate surface area is 75.1 Å². The van der Waals surface area contributed by atoms with Gasteiger partial charge in [0.1, 0.15) is 0 Å². The molecule has 70 valence electrons. The number of nitrogens with zero attached hydrogens (tertiary/aromatic N) is 1. The van der Waals surface area contributed by atoms with Crippen molar-refractivity contribution in [2.24, 2.45) is 11.7 Å². The van der Waals surface area contributed by atoms with E-state index in [2.05, 4.69) is 4.90 Å². The number of likely N-dealkylation sites (tertiary alicyclic amines) is 1. The summed E-state index contributed by atoms with van der Waals surface area (Å²) in [7, 11) is 0. The van der Waals surface area contributed by atoms with Crippen LogP contribution >= 0.6 is 0 Å². The second kappa shape index (κ2) is 3.75. The van der Waals surface area contributed by atoms with Crippen LogP contribution in [0.5, 0.6) is 0 Å². The van der Waals surface area contributed by atoms with Gasteiger partial charge in [-0.25, -0.2) is 0 Å². The van der Waals surface area contributed by atoms with E-state index < -0.39 is 0 Å². The first kappa shape index (κ1) is 8.52. The van der Waals surface area contributed by atoms with Gasteiger partial charge in [0.15, 0.2) is 0 Å². The van der Waals surface area contributed by atoms with Crippen molar-refractivity contribution in [2.45, 2.75) is 38.1 Å². The first-order chi connectivity index (χ1) is 5.84. The van der Waals surface area contributed by atoms with Gasteiger partial charge in [-0.15, -0.1) is 0 Å². The van der Waals surface area contributed by atoms with Crippen molar-refractivity contribution in [3.63, 3.8) is 0 Å². The Bertz CT molecular complexity index is 135. The zero-order chi connectivity index (χ0) is 8.39. The number of rotatable bonds is 2. The Morgan fingerprint density at radius 3 is 2.25 bits per heavy atom. The molecule has 0 spiro atoms. The monoisotopic (exact) mass is 168 g/mol. The molecule has 2 nitrogen and oxygen atoms in total. The molecular formula is C10H20N2. The van der Waals surface area contributed by atoms with E-state index in [4.69, 9.17) is 5.73 Å². The highest BCUT2D eigenvalue weighted by atomic mass is 15.2. The SMILES string of the molecule is N[C@H]1CC[C@H](CN2CCC2)CC1. The predicted molar refractivity (Wildman–Crippen MR) is 51.0 cm³/mol. The van der Waals surface area contributed by atoms with Crippen molar-refractivity contribution >= 4 is 0 Å². The van der Waals surface area contributed by atoms with Crippen molar-refractivity contribution in [3.8, 4) is 0 Å². The maximum atomic E-state index is 5.86. The number of hydrogen-bond acceptors (Lipinski definition) is 2. The summed E-state index contributed by atoms with van der Waals surface area (Å²) in [6.07, 6.45) is 6.69. The standard InChI is InChI=1S/C10H20N2/c11-10-4-2-9(3-5-10)8-12-6-1-7-12/h9-10H,1-8,11H2/t9-,10-. The zero-order valence-electron chi connectivity index (χ0n) is 7.84. The first-order valence-electron chi connectivity index (χ1n) is 5.32. The third kappa shape index (κ3) is 1.99. The Balaban J connectivity index is 1.67. The van der Waals surface area contributed by atoms with Gasteiger partial charge in [0.05, 0.1) is 0 Å². The molecule has 0 bridgehead atoms. The van der Waals surface area contributed by atoms with E-state index in [0.29, 0.717) is 6.04 Å². The molecule has 0 aromatic carbocycles. The second-order valence-electron chi connectivity index (χ2n) is 4.43. The summed E-state index contributed by atoms with van der Waals surface area (Å²) < 4.78 is 0. The van der Waals surface area contributed by atoms with Gasteiger partial charge in [-0.05, 0) is 51.1 Å². The third-order valence-corrected chi connectivity index (χ3v) is 3.36. The molecule has 2 aliphatic rings. The van der Waals surface area contributed by atoms with Gasteiger partial charge in [-0.3, -0.25) is 0 Å². The molecule has 12 heavy (non-hydrogen) atoms. The average molecular weight is 168 g/mol. The summed E-state index contributed by atoms with van der Waals surface area (Å²) in [4.78, 5) is 2.58. The summed E-state index contributed by atoms with van der Waals surface area (Å²) in [5.41, 5.74) is 5.86. The summed E-state index contributed by atoms with van der Waals surface area (Å²) in [6, 6.07) is 0.512. The van der Waals surface area contributed by atoms with E-state index >= 15 is 0 Å². The van der Waals surface area contributed by atoms with Crippen molar-refractivity contribution < 1.29 is 0 Å². The van der Waals surface area contributed by atoms with Crippen LogP contribution in [0.2, 0.25) is 0 Å². The topological polar surface area (TPSA) is 29.3 Å². The molecule has 1 heterocycles. The Hall–Kier alpha value is -0.0800. The molecule has 1 aliphatic heterocycles. The van der Waals surface area contributed by atoms with Crippen LogP contribution in [0.25, 0.3) is 0 Å². The minimum atomic E-state index is 0.512. The average Bonchev–Trinajstić information content (AvgIpc) is 2.00. The van der Waals surface area contributed by atoms with Crippen molar-refractivity contribution in [1.29, 1.82) is 0 Å². The Kier molecular flexibility index (Phi) is 2.66. The molecule has 0 unspecified atom stereocenters. The van der Waals surface area contributed by atoms with Crippen molar-refractivity contribution in [1.82, 2.24) is 4.90 Å². The summed E-state index contributed by atoms with van der Waals surface area (Å²) >= 11 is 0. The molecule has 1 aliphatic carbocycles. The molecule has 1 saturated heterocycles. The number of hydrogen-bond donors (Lipinski definition) is 1. The van der Waals surface area contributed by atoms with Crippen molar-refractivity contribution in [3.05, 3.63) is 0 Å². The lowest BCUT2D eigenvalue weighted by Gasteiger charge is -2.36. The Morgan fingerprint density at radius 1 is 1.08 bits per heavy atom. The molecule has 1 saturated carbocycles. The molecule has 0 aromatic rings. The molecular weight excluding hydrogens is 148 g/mol. The first-order valence-corrected chi connectivity index (χ1v) is 5.32. The van der Waals surface area contributed by atoms with E-state index in [-0.39, 0.29) is 0 Å². The smallest absolute Gasteiger partial charge is 0.00390 e. The van der Waals surface area contributed by atoms with Gasteiger partial charge in [-0.1, -0.05) is 0 Å². The molecule has 0 radical (unpaired) electrons. The number of nitrogens with two attached hydrogens (primary N) is 1. The lowest BCUT2D eigenvalue weighted by Crippen LogP contribution is -2.42. The lowest BCUT2D eigenvalue weighted by molar-refractivity contribution is 0.133. The summed E-state index contributed by atoms with van der Waals surface area (Å²) in [5.74, 6) is 0.963. The fraction of sp³-hybridized carbons (Fsp3) is 1.00.